The van der Waals surface area contributed by atoms with Crippen LogP contribution in [-0.2, 0) is 6.42 Å². The van der Waals surface area contributed by atoms with Crippen molar-refractivity contribution in [1.82, 2.24) is 14.8 Å². The Hall–Kier alpha value is -2.47. The van der Waals surface area contributed by atoms with E-state index < -0.39 is 0 Å². The van der Waals surface area contributed by atoms with Crippen LogP contribution in [0.1, 0.15) is 46.9 Å². The van der Waals surface area contributed by atoms with Crippen LogP contribution >= 0.6 is 0 Å². The molecular weight excluding hydrogens is 381 g/mol. The fourth-order valence-corrected chi connectivity index (χ4v) is 4.21. The summed E-state index contributed by atoms with van der Waals surface area (Å²) < 4.78 is 13.4. The van der Waals surface area contributed by atoms with Gasteiger partial charge in [-0.1, -0.05) is 12.1 Å². The van der Waals surface area contributed by atoms with Gasteiger partial charge in [0.15, 0.2) is 0 Å². The number of H-pyrrole nitrogens is 1. The maximum absolute atomic E-state index is 13.4. The molecule has 2 aromatic rings. The number of halogens is 1. The topological polar surface area (TPSA) is 56.4 Å². The zero-order chi connectivity index (χ0) is 21.7. The first kappa shape index (κ1) is 22.2. The number of aryl methyl sites for hydroxylation is 2. The van der Waals surface area contributed by atoms with Gasteiger partial charge in [0.1, 0.15) is 11.4 Å². The van der Waals surface area contributed by atoms with Gasteiger partial charge in [-0.3, -0.25) is 9.59 Å². The number of piperidine rings is 1. The van der Waals surface area contributed by atoms with E-state index >= 15 is 0 Å². The molecule has 5 nitrogen and oxygen atoms in total. The molecule has 1 fully saturated rings. The molecule has 1 N–H and O–H groups in total. The van der Waals surface area contributed by atoms with Crippen molar-refractivity contribution < 1.29 is 9.18 Å². The summed E-state index contributed by atoms with van der Waals surface area (Å²) >= 11 is 0. The standard InChI is InChI=1S/C24H32FN3O2/c1-4-28(24(30)22-13-17(2)18(3)26-23(22)29)16-20-8-6-11-27(15-20)12-10-19-7-5-9-21(25)14-19/h5,7,9,13-14,20H,4,6,8,10-12,15-16H2,1-3H3,(H,26,29). The average molecular weight is 414 g/mol. The zero-order valence-electron chi connectivity index (χ0n) is 18.2. The van der Waals surface area contributed by atoms with E-state index in [-0.39, 0.29) is 22.8 Å². The van der Waals surface area contributed by atoms with Crippen molar-refractivity contribution in [3.8, 4) is 0 Å². The van der Waals surface area contributed by atoms with E-state index in [0.29, 0.717) is 19.0 Å². The Morgan fingerprint density at radius 1 is 1.30 bits per heavy atom. The molecule has 1 aromatic heterocycles. The highest BCUT2D eigenvalue weighted by Crippen LogP contribution is 2.19. The van der Waals surface area contributed by atoms with Crippen LogP contribution in [0.2, 0.25) is 0 Å². The van der Waals surface area contributed by atoms with E-state index in [1.807, 2.05) is 26.8 Å². The Bertz CT molecular complexity index is 940. The Kier molecular flexibility index (Phi) is 7.43. The van der Waals surface area contributed by atoms with Crippen molar-refractivity contribution in [3.05, 3.63) is 68.9 Å². The van der Waals surface area contributed by atoms with Crippen molar-refractivity contribution in [2.24, 2.45) is 5.92 Å². The van der Waals surface area contributed by atoms with Crippen molar-refractivity contribution >= 4 is 5.91 Å². The molecule has 1 aromatic carbocycles. The van der Waals surface area contributed by atoms with Gasteiger partial charge in [-0.05, 0) is 81.8 Å². The highest BCUT2D eigenvalue weighted by Gasteiger charge is 2.25. The summed E-state index contributed by atoms with van der Waals surface area (Å²) in [4.78, 5) is 32.3. The van der Waals surface area contributed by atoms with E-state index in [4.69, 9.17) is 0 Å². The molecule has 162 valence electrons. The number of amides is 1. The molecule has 1 unspecified atom stereocenters. The molecule has 0 radical (unpaired) electrons. The van der Waals surface area contributed by atoms with Crippen LogP contribution < -0.4 is 5.56 Å². The number of aromatic amines is 1. The third-order valence-corrected chi connectivity index (χ3v) is 6.08. The smallest absolute Gasteiger partial charge is 0.261 e. The molecule has 1 saturated heterocycles. The number of pyridine rings is 1. The second kappa shape index (κ2) is 10.0. The van der Waals surface area contributed by atoms with Gasteiger partial charge in [0, 0.05) is 31.9 Å². The van der Waals surface area contributed by atoms with Crippen LogP contribution in [0.15, 0.2) is 35.1 Å². The second-order valence-corrected chi connectivity index (χ2v) is 8.35. The summed E-state index contributed by atoms with van der Waals surface area (Å²) in [5.74, 6) is -0.0121. The number of hydrogen-bond acceptors (Lipinski definition) is 3. The van der Waals surface area contributed by atoms with Crippen LogP contribution in [0.5, 0.6) is 0 Å². The monoisotopic (exact) mass is 413 g/mol. The fourth-order valence-electron chi connectivity index (χ4n) is 4.21. The maximum Gasteiger partial charge on any atom is 0.261 e. The highest BCUT2D eigenvalue weighted by atomic mass is 19.1. The number of likely N-dealkylation sites (tertiary alicyclic amines) is 1. The number of aromatic nitrogens is 1. The number of nitrogens with one attached hydrogen (secondary N) is 1. The summed E-state index contributed by atoms with van der Waals surface area (Å²) in [5, 5.41) is 0. The molecule has 0 aliphatic carbocycles. The first-order chi connectivity index (χ1) is 14.4. The first-order valence-corrected chi connectivity index (χ1v) is 10.8. The van der Waals surface area contributed by atoms with Gasteiger partial charge in [0.2, 0.25) is 0 Å². The number of carbonyl (C=O) groups excluding carboxylic acids is 1. The Balaban J connectivity index is 1.60. The largest absolute Gasteiger partial charge is 0.338 e. The van der Waals surface area contributed by atoms with Gasteiger partial charge >= 0.3 is 0 Å². The average Bonchev–Trinajstić information content (AvgIpc) is 2.73. The maximum atomic E-state index is 13.4. The number of nitrogens with zero attached hydrogens (tertiary/aromatic N) is 2. The van der Waals surface area contributed by atoms with Gasteiger partial charge in [-0.15, -0.1) is 0 Å². The summed E-state index contributed by atoms with van der Waals surface area (Å²) in [6.45, 7) is 9.75. The molecule has 0 spiro atoms. The molecule has 30 heavy (non-hydrogen) atoms. The lowest BCUT2D eigenvalue weighted by Gasteiger charge is -2.35. The van der Waals surface area contributed by atoms with E-state index in [1.165, 1.54) is 6.07 Å². The molecule has 1 atom stereocenters. The van der Waals surface area contributed by atoms with Gasteiger partial charge in [-0.25, -0.2) is 4.39 Å². The molecule has 0 bridgehead atoms. The minimum absolute atomic E-state index is 0.192. The van der Waals surface area contributed by atoms with Gasteiger partial charge in [0.25, 0.3) is 11.5 Å². The van der Waals surface area contributed by atoms with Crippen molar-refractivity contribution in [1.29, 1.82) is 0 Å². The van der Waals surface area contributed by atoms with Crippen LogP contribution in [0.4, 0.5) is 4.39 Å². The Labute approximate surface area is 177 Å². The van der Waals surface area contributed by atoms with Crippen LogP contribution in [0.3, 0.4) is 0 Å². The SMILES string of the molecule is CCN(CC1CCCN(CCc2cccc(F)c2)C1)C(=O)c1cc(C)c(C)[nH]c1=O. The Morgan fingerprint density at radius 2 is 2.10 bits per heavy atom. The number of benzene rings is 1. The van der Waals surface area contributed by atoms with Crippen molar-refractivity contribution in [2.45, 2.75) is 40.0 Å². The lowest BCUT2D eigenvalue weighted by Crippen LogP contribution is -2.44. The van der Waals surface area contributed by atoms with Gasteiger partial charge in [-0.2, -0.15) is 0 Å². The molecule has 6 heteroatoms. The molecule has 1 amide bonds. The van der Waals surface area contributed by atoms with Crippen molar-refractivity contribution in [3.63, 3.8) is 0 Å². The fraction of sp³-hybridized carbons (Fsp3) is 0.500. The molecule has 3 rings (SSSR count). The summed E-state index contributed by atoms with van der Waals surface area (Å²) in [6, 6.07) is 8.48. The summed E-state index contributed by atoms with van der Waals surface area (Å²) in [6.07, 6.45) is 2.98. The summed E-state index contributed by atoms with van der Waals surface area (Å²) in [7, 11) is 0. The zero-order valence-corrected chi connectivity index (χ0v) is 18.2. The van der Waals surface area contributed by atoms with Gasteiger partial charge in [0.05, 0.1) is 0 Å². The molecule has 0 saturated carbocycles. The molecular formula is C24H32FN3O2. The van der Waals surface area contributed by atoms with Gasteiger partial charge < -0.3 is 14.8 Å². The van der Waals surface area contributed by atoms with Crippen molar-refractivity contribution in [2.75, 3.05) is 32.7 Å². The first-order valence-electron chi connectivity index (χ1n) is 10.8. The van der Waals surface area contributed by atoms with E-state index in [1.54, 1.807) is 23.1 Å². The third-order valence-electron chi connectivity index (χ3n) is 6.08. The predicted octanol–water partition coefficient (Wildman–Crippen LogP) is 3.55. The normalized spacial score (nSPS) is 17.1. The number of carbonyl (C=O) groups is 1. The summed E-state index contributed by atoms with van der Waals surface area (Å²) in [5.41, 5.74) is 2.62. The highest BCUT2D eigenvalue weighted by molar-refractivity contribution is 5.94. The van der Waals surface area contributed by atoms with E-state index in [9.17, 15) is 14.0 Å². The number of hydrogen-bond donors (Lipinski definition) is 1. The second-order valence-electron chi connectivity index (χ2n) is 8.35. The number of rotatable bonds is 7. The Morgan fingerprint density at radius 3 is 2.83 bits per heavy atom. The van der Waals surface area contributed by atoms with E-state index in [2.05, 4.69) is 9.88 Å². The molecule has 1 aliphatic rings. The third kappa shape index (κ3) is 5.57. The lowest BCUT2D eigenvalue weighted by atomic mass is 9.96. The minimum atomic E-state index is -0.318. The van der Waals surface area contributed by atoms with Crippen LogP contribution in [0, 0.1) is 25.6 Å². The van der Waals surface area contributed by atoms with Crippen LogP contribution in [0.25, 0.3) is 0 Å². The van der Waals surface area contributed by atoms with Crippen LogP contribution in [-0.4, -0.2) is 53.4 Å². The molecule has 1 aliphatic heterocycles. The molecule has 2 heterocycles. The van der Waals surface area contributed by atoms with E-state index in [0.717, 1.165) is 55.7 Å². The predicted molar refractivity (Wildman–Crippen MR) is 117 cm³/mol. The lowest BCUT2D eigenvalue weighted by molar-refractivity contribution is 0.0689. The quantitative estimate of drug-likeness (QED) is 0.755. The minimum Gasteiger partial charge on any atom is -0.338 e.